The van der Waals surface area contributed by atoms with E-state index in [2.05, 4.69) is 0 Å². The Hall–Kier alpha value is -1.49. The lowest BCUT2D eigenvalue weighted by molar-refractivity contribution is -0.151. The predicted octanol–water partition coefficient (Wildman–Crippen LogP) is 3.21. The molecule has 1 aromatic rings. The van der Waals surface area contributed by atoms with Gasteiger partial charge in [0.2, 0.25) is 0 Å². The second-order valence-corrected chi connectivity index (χ2v) is 5.78. The van der Waals surface area contributed by atoms with Crippen LogP contribution in [0.2, 0.25) is 0 Å². The van der Waals surface area contributed by atoms with Gasteiger partial charge in [-0.25, -0.2) is 8.78 Å². The zero-order valence-corrected chi connectivity index (χ0v) is 11.7. The molecule has 1 aliphatic rings. The van der Waals surface area contributed by atoms with E-state index in [1.54, 1.807) is 6.92 Å². The van der Waals surface area contributed by atoms with Crippen LogP contribution in [-0.4, -0.2) is 29.1 Å². The third kappa shape index (κ3) is 2.82. The van der Waals surface area contributed by atoms with Crippen LogP contribution in [0.4, 0.5) is 8.78 Å². The number of hydrogen-bond donors (Lipinski definition) is 1. The summed E-state index contributed by atoms with van der Waals surface area (Å²) in [5.74, 6) is -2.01. The number of likely N-dealkylation sites (tertiary alicyclic amines) is 1. The summed E-state index contributed by atoms with van der Waals surface area (Å²) in [5.41, 5.74) is -0.399. The Balaban J connectivity index is 2.20. The van der Waals surface area contributed by atoms with Crippen LogP contribution in [0.1, 0.15) is 38.3 Å². The lowest BCUT2D eigenvalue weighted by Gasteiger charge is -2.40. The molecule has 0 aromatic heterocycles. The van der Waals surface area contributed by atoms with E-state index in [1.807, 2.05) is 11.8 Å². The number of carbonyl (C=O) groups is 1. The Labute approximate surface area is 117 Å². The van der Waals surface area contributed by atoms with Crippen molar-refractivity contribution >= 4 is 5.97 Å². The first-order chi connectivity index (χ1) is 9.33. The van der Waals surface area contributed by atoms with Gasteiger partial charge in [-0.1, -0.05) is 6.07 Å². The van der Waals surface area contributed by atoms with Gasteiger partial charge in [-0.3, -0.25) is 9.69 Å². The molecule has 0 radical (unpaired) electrons. The minimum Gasteiger partial charge on any atom is -0.481 e. The fraction of sp³-hybridized carbons (Fsp3) is 0.533. The molecule has 0 saturated carbocycles. The van der Waals surface area contributed by atoms with E-state index >= 15 is 0 Å². The van der Waals surface area contributed by atoms with Crippen molar-refractivity contribution in [3.8, 4) is 0 Å². The van der Waals surface area contributed by atoms with Crippen molar-refractivity contribution in [3.63, 3.8) is 0 Å². The molecule has 1 saturated heterocycles. The molecule has 2 rings (SSSR count). The van der Waals surface area contributed by atoms with Gasteiger partial charge in [0.05, 0.1) is 5.41 Å². The molecule has 2 atom stereocenters. The fourth-order valence-electron chi connectivity index (χ4n) is 2.82. The number of hydrogen-bond acceptors (Lipinski definition) is 2. The first-order valence-corrected chi connectivity index (χ1v) is 6.76. The van der Waals surface area contributed by atoms with Crippen molar-refractivity contribution in [1.82, 2.24) is 4.90 Å². The molecule has 2 unspecified atom stereocenters. The summed E-state index contributed by atoms with van der Waals surface area (Å²) in [6.45, 7) is 4.64. The number of nitrogens with zero attached hydrogens (tertiary/aromatic N) is 1. The van der Waals surface area contributed by atoms with E-state index in [4.69, 9.17) is 0 Å². The maximum absolute atomic E-state index is 13.8. The van der Waals surface area contributed by atoms with Crippen molar-refractivity contribution in [2.75, 3.05) is 13.1 Å². The molecule has 0 amide bonds. The van der Waals surface area contributed by atoms with Crippen LogP contribution in [0, 0.1) is 17.0 Å². The summed E-state index contributed by atoms with van der Waals surface area (Å²) in [6, 6.07) is 3.26. The van der Waals surface area contributed by atoms with E-state index in [0.29, 0.717) is 18.5 Å². The van der Waals surface area contributed by atoms with Gasteiger partial charge in [-0.05, 0) is 39.3 Å². The summed E-state index contributed by atoms with van der Waals surface area (Å²) in [4.78, 5) is 13.3. The summed E-state index contributed by atoms with van der Waals surface area (Å²) >= 11 is 0. The summed E-state index contributed by atoms with van der Waals surface area (Å²) < 4.78 is 26.8. The summed E-state index contributed by atoms with van der Waals surface area (Å²) in [7, 11) is 0. The van der Waals surface area contributed by atoms with Crippen LogP contribution in [0.25, 0.3) is 0 Å². The van der Waals surface area contributed by atoms with Crippen LogP contribution >= 0.6 is 0 Å². The van der Waals surface area contributed by atoms with Gasteiger partial charge in [0.1, 0.15) is 11.6 Å². The van der Waals surface area contributed by atoms with E-state index in [0.717, 1.165) is 19.0 Å². The van der Waals surface area contributed by atoms with Crippen molar-refractivity contribution in [3.05, 3.63) is 35.4 Å². The lowest BCUT2D eigenvalue weighted by atomic mass is 9.81. The SMILES string of the molecule is CC(c1ccc(F)cc1F)N1CCCC(C)(C(=O)O)C1. The highest BCUT2D eigenvalue weighted by molar-refractivity contribution is 5.74. The van der Waals surface area contributed by atoms with Crippen LogP contribution in [0.15, 0.2) is 18.2 Å². The highest BCUT2D eigenvalue weighted by Gasteiger charge is 2.39. The number of benzene rings is 1. The van der Waals surface area contributed by atoms with E-state index in [1.165, 1.54) is 12.1 Å². The molecule has 1 aliphatic heterocycles. The topological polar surface area (TPSA) is 40.5 Å². The maximum atomic E-state index is 13.8. The van der Waals surface area contributed by atoms with Crippen molar-refractivity contribution in [2.45, 2.75) is 32.7 Å². The smallest absolute Gasteiger partial charge is 0.310 e. The minimum atomic E-state index is -0.825. The molecule has 20 heavy (non-hydrogen) atoms. The largest absolute Gasteiger partial charge is 0.481 e. The van der Waals surface area contributed by atoms with Crippen molar-refractivity contribution in [1.29, 1.82) is 0 Å². The highest BCUT2D eigenvalue weighted by Crippen LogP contribution is 2.34. The van der Waals surface area contributed by atoms with Crippen LogP contribution in [-0.2, 0) is 4.79 Å². The zero-order chi connectivity index (χ0) is 14.9. The maximum Gasteiger partial charge on any atom is 0.310 e. The molecule has 1 aromatic carbocycles. The molecule has 0 aliphatic carbocycles. The second kappa shape index (κ2) is 5.48. The van der Waals surface area contributed by atoms with Gasteiger partial charge in [0.15, 0.2) is 0 Å². The molecular formula is C15H19F2NO2. The van der Waals surface area contributed by atoms with Crippen LogP contribution in [0.3, 0.4) is 0 Å². The second-order valence-electron chi connectivity index (χ2n) is 5.78. The molecule has 110 valence electrons. The number of carboxylic acid groups (broad SMARTS) is 1. The molecule has 0 spiro atoms. The van der Waals surface area contributed by atoms with E-state index in [9.17, 15) is 18.7 Å². The third-order valence-electron chi connectivity index (χ3n) is 4.20. The number of piperidine rings is 1. The average Bonchev–Trinajstić information content (AvgIpc) is 2.38. The summed E-state index contributed by atoms with van der Waals surface area (Å²) in [5, 5.41) is 9.31. The number of aliphatic carboxylic acids is 1. The minimum absolute atomic E-state index is 0.269. The molecule has 5 heteroatoms. The highest BCUT2D eigenvalue weighted by atomic mass is 19.1. The molecule has 3 nitrogen and oxygen atoms in total. The Kier molecular flexibility index (Phi) is 4.09. The van der Waals surface area contributed by atoms with Gasteiger partial charge >= 0.3 is 5.97 Å². The van der Waals surface area contributed by atoms with Gasteiger partial charge < -0.3 is 5.11 Å². The van der Waals surface area contributed by atoms with Crippen LogP contribution in [0.5, 0.6) is 0 Å². The Bertz CT molecular complexity index is 521. The average molecular weight is 283 g/mol. The molecule has 1 heterocycles. The standard InChI is InChI=1S/C15H19F2NO2/c1-10(12-5-4-11(16)8-13(12)17)18-7-3-6-15(2,9-18)14(19)20/h4-5,8,10H,3,6-7,9H2,1-2H3,(H,19,20). The first-order valence-electron chi connectivity index (χ1n) is 6.76. The third-order valence-corrected chi connectivity index (χ3v) is 4.20. The number of halogens is 2. The zero-order valence-electron chi connectivity index (χ0n) is 11.7. The quantitative estimate of drug-likeness (QED) is 0.926. The van der Waals surface area contributed by atoms with E-state index in [-0.39, 0.29) is 6.04 Å². The van der Waals surface area contributed by atoms with Gasteiger partial charge in [0, 0.05) is 24.2 Å². The first kappa shape index (κ1) is 14.9. The van der Waals surface area contributed by atoms with Gasteiger partial charge in [-0.15, -0.1) is 0 Å². The van der Waals surface area contributed by atoms with E-state index < -0.39 is 23.0 Å². The Morgan fingerprint density at radius 2 is 2.15 bits per heavy atom. The van der Waals surface area contributed by atoms with Gasteiger partial charge in [0.25, 0.3) is 0 Å². The number of carboxylic acids is 1. The van der Waals surface area contributed by atoms with Crippen LogP contribution < -0.4 is 0 Å². The summed E-state index contributed by atoms with van der Waals surface area (Å²) in [6.07, 6.45) is 1.38. The monoisotopic (exact) mass is 283 g/mol. The predicted molar refractivity (Wildman–Crippen MR) is 71.3 cm³/mol. The molecule has 1 N–H and O–H groups in total. The van der Waals surface area contributed by atoms with Crippen molar-refractivity contribution in [2.24, 2.45) is 5.41 Å². The molecule has 1 fully saturated rings. The number of rotatable bonds is 3. The van der Waals surface area contributed by atoms with Gasteiger partial charge in [-0.2, -0.15) is 0 Å². The lowest BCUT2D eigenvalue weighted by Crippen LogP contribution is -2.46. The Morgan fingerprint density at radius 1 is 1.45 bits per heavy atom. The normalized spacial score (nSPS) is 25.4. The Morgan fingerprint density at radius 3 is 2.75 bits per heavy atom. The fourth-order valence-corrected chi connectivity index (χ4v) is 2.82. The molecule has 0 bridgehead atoms. The van der Waals surface area contributed by atoms with Crippen molar-refractivity contribution < 1.29 is 18.7 Å². The molecular weight excluding hydrogens is 264 g/mol.